The quantitative estimate of drug-likeness (QED) is 0.155. The van der Waals surface area contributed by atoms with Gasteiger partial charge in [0, 0.05) is 18.6 Å². The summed E-state index contributed by atoms with van der Waals surface area (Å²) in [6, 6.07) is 6.17. The van der Waals surface area contributed by atoms with Gasteiger partial charge in [-0.15, -0.1) is 0 Å². The zero-order chi connectivity index (χ0) is 41.8. The van der Waals surface area contributed by atoms with Gasteiger partial charge in [0.25, 0.3) is 0 Å². The molecule has 2 unspecified atom stereocenters. The number of urea groups is 1. The molecule has 2 aliphatic rings. The van der Waals surface area contributed by atoms with Crippen LogP contribution in [0, 0.1) is 17.3 Å². The van der Waals surface area contributed by atoms with Crippen LogP contribution in [0.5, 0.6) is 0 Å². The molecule has 0 spiro atoms. The highest BCUT2D eigenvalue weighted by Crippen LogP contribution is 2.26. The maximum Gasteiger partial charge on any atom is 0.315 e. The molecule has 53 heavy (non-hydrogen) atoms. The maximum atomic E-state index is 13.6. The summed E-state index contributed by atoms with van der Waals surface area (Å²) in [6.45, 7) is 28.0. The van der Waals surface area contributed by atoms with Crippen LogP contribution in [0.1, 0.15) is 141 Å². The average molecular weight is 769 g/mol. The summed E-state index contributed by atoms with van der Waals surface area (Å²) in [7, 11) is -3.50. The highest BCUT2D eigenvalue weighted by Gasteiger charge is 2.42. The van der Waals surface area contributed by atoms with Crippen molar-refractivity contribution >= 4 is 40.3 Å². The molecule has 1 aromatic carbocycles. The predicted molar refractivity (Wildman–Crippen MR) is 219 cm³/mol. The Morgan fingerprint density at radius 3 is 1.72 bits per heavy atom. The second kappa shape index (κ2) is 30.1. The van der Waals surface area contributed by atoms with E-state index in [1.54, 1.807) is 29.2 Å². The van der Waals surface area contributed by atoms with Crippen molar-refractivity contribution in [1.82, 2.24) is 20.9 Å². The topological polar surface area (TPSA) is 159 Å². The zero-order valence-electron chi connectivity index (χ0n) is 35.6. The third-order valence-corrected chi connectivity index (χ3v) is 9.53. The lowest BCUT2D eigenvalue weighted by atomic mass is 9.85. The van der Waals surface area contributed by atoms with E-state index in [0.29, 0.717) is 24.9 Å². The average Bonchev–Trinajstić information content (AvgIpc) is 3.58. The van der Waals surface area contributed by atoms with Gasteiger partial charge in [0.1, 0.15) is 12.1 Å². The van der Waals surface area contributed by atoms with E-state index >= 15 is 0 Å². The van der Waals surface area contributed by atoms with E-state index in [2.05, 4.69) is 36.7 Å². The fourth-order valence-corrected chi connectivity index (χ4v) is 6.85. The van der Waals surface area contributed by atoms with Crippen LogP contribution in [0.25, 0.3) is 0 Å². The van der Waals surface area contributed by atoms with E-state index in [1.807, 2.05) is 82.2 Å². The zero-order valence-corrected chi connectivity index (χ0v) is 36.4. The normalized spacial score (nSPS) is 15.9. The van der Waals surface area contributed by atoms with Gasteiger partial charge in [-0.1, -0.05) is 139 Å². The van der Waals surface area contributed by atoms with Gasteiger partial charge < -0.3 is 20.9 Å². The number of hydrogen-bond donors (Lipinski definition) is 3. The molecule has 12 heteroatoms. The molecular weight excluding hydrogens is 693 g/mol. The van der Waals surface area contributed by atoms with Crippen LogP contribution >= 0.6 is 0 Å². The number of aldehydes is 2. The minimum Gasteiger partial charge on any atom is -0.352 e. The van der Waals surface area contributed by atoms with Gasteiger partial charge >= 0.3 is 6.03 Å². The molecule has 3 N–H and O–H groups in total. The highest BCUT2D eigenvalue weighted by molar-refractivity contribution is 7.90. The molecule has 1 saturated heterocycles. The van der Waals surface area contributed by atoms with Gasteiger partial charge in [0.2, 0.25) is 11.8 Å². The Morgan fingerprint density at radius 1 is 0.849 bits per heavy atom. The minimum atomic E-state index is -3.50. The molecule has 1 aliphatic carbocycles. The second-order valence-corrected chi connectivity index (χ2v) is 16.8. The molecule has 11 nitrogen and oxygen atoms in total. The van der Waals surface area contributed by atoms with Crippen LogP contribution in [-0.2, 0) is 34.8 Å². The number of benzene rings is 1. The van der Waals surface area contributed by atoms with Crippen LogP contribution < -0.4 is 16.0 Å². The Morgan fingerprint density at radius 2 is 1.34 bits per heavy atom. The van der Waals surface area contributed by atoms with Crippen molar-refractivity contribution in [3.8, 4) is 0 Å². The molecule has 0 bridgehead atoms. The van der Waals surface area contributed by atoms with Gasteiger partial charge in [-0.3, -0.25) is 19.2 Å². The fourth-order valence-electron chi connectivity index (χ4n) is 5.01. The Kier molecular flexibility index (Phi) is 30.7. The van der Waals surface area contributed by atoms with Crippen LogP contribution in [0.2, 0.25) is 0 Å². The Labute approximate surface area is 323 Å². The van der Waals surface area contributed by atoms with E-state index in [4.69, 9.17) is 9.59 Å². The first-order chi connectivity index (χ1) is 24.8. The number of likely N-dealkylation sites (tertiary alicyclic amines) is 1. The molecule has 1 saturated carbocycles. The van der Waals surface area contributed by atoms with Crippen LogP contribution in [0.4, 0.5) is 4.79 Å². The lowest BCUT2D eigenvalue weighted by molar-refractivity contribution is -0.142. The fraction of sp³-hybridized carbons (Fsp3) is 0.732. The van der Waals surface area contributed by atoms with Crippen molar-refractivity contribution in [2.24, 2.45) is 17.3 Å². The van der Waals surface area contributed by atoms with E-state index in [9.17, 15) is 22.8 Å². The molecule has 1 aliphatic heterocycles. The molecule has 308 valence electrons. The summed E-state index contributed by atoms with van der Waals surface area (Å²) in [6.07, 6.45) is 7.38. The van der Waals surface area contributed by atoms with Crippen molar-refractivity contribution < 1.29 is 32.4 Å². The first kappa shape index (κ1) is 54.1. The number of nitrogens with zero attached hydrogens (tertiary/aromatic N) is 1. The van der Waals surface area contributed by atoms with E-state index in [1.165, 1.54) is 25.7 Å². The Balaban J connectivity index is -0.00000131. The SMILES string of the molecule is CC.CC.CC(C)NC(=O)[C@@H]1CCCN1C(=O)C(NC(=O)NC(CS(=O)(=O)Cc1ccccc1)C(C)C)C(C)(C)C.CC1CCC1.CCC.O=CC=O. The molecule has 1 aromatic rings. The molecule has 3 atom stereocenters. The van der Waals surface area contributed by atoms with E-state index in [-0.39, 0.29) is 47.9 Å². The monoisotopic (exact) mass is 769 g/mol. The highest BCUT2D eigenvalue weighted by atomic mass is 32.2. The largest absolute Gasteiger partial charge is 0.352 e. The summed E-state index contributed by atoms with van der Waals surface area (Å²) in [4.78, 5) is 58.5. The Hall–Kier alpha value is -3.28. The molecular formula is C41H76N4O7S. The number of carbonyl (C=O) groups is 5. The van der Waals surface area contributed by atoms with Crippen molar-refractivity contribution in [1.29, 1.82) is 0 Å². The molecule has 2 fully saturated rings. The van der Waals surface area contributed by atoms with Crippen LogP contribution in [0.3, 0.4) is 0 Å². The molecule has 3 rings (SSSR count). The predicted octanol–water partition coefficient (Wildman–Crippen LogP) is 7.51. The van der Waals surface area contributed by atoms with E-state index in [0.717, 1.165) is 5.92 Å². The molecule has 0 radical (unpaired) electrons. The first-order valence-corrected chi connectivity index (χ1v) is 21.5. The smallest absolute Gasteiger partial charge is 0.315 e. The minimum absolute atomic E-state index is 0.0431. The van der Waals surface area contributed by atoms with E-state index < -0.39 is 39.4 Å². The van der Waals surface area contributed by atoms with Crippen molar-refractivity contribution in [2.75, 3.05) is 12.3 Å². The van der Waals surface area contributed by atoms with Crippen LogP contribution in [0.15, 0.2) is 30.3 Å². The number of sulfone groups is 1. The van der Waals surface area contributed by atoms with Crippen molar-refractivity contribution in [2.45, 2.75) is 165 Å². The number of rotatable bonds is 11. The standard InChI is InChI=1S/C27H44N4O5S.C5H10.C3H8.C2H2O2.2C2H6/c1-18(2)21(17-37(35,36)16-20-12-9-8-10-13-20)29-26(34)30-23(27(5,6)7)25(33)31-15-11-14-22(31)24(32)28-19(3)4;1-5-3-2-4-5;1-3-2;3-1-2-4;2*1-2/h8-10,12-13,18-19,21-23H,11,14-17H2,1-7H3,(H,28,32)(H2,29,30,34);5H,2-4H2,1H3;3H2,1-2H3;1-2H;2*1-2H3/t21?,22-,23?;;;;;/m0...../s1. The van der Waals surface area contributed by atoms with Crippen molar-refractivity contribution in [3.05, 3.63) is 35.9 Å². The molecule has 0 aromatic heterocycles. The summed E-state index contributed by atoms with van der Waals surface area (Å²) < 4.78 is 25.7. The maximum absolute atomic E-state index is 13.6. The second-order valence-electron chi connectivity index (χ2n) is 14.7. The summed E-state index contributed by atoms with van der Waals surface area (Å²) in [5, 5.41) is 8.45. The number of amides is 4. The Bertz CT molecular complexity index is 1240. The van der Waals surface area contributed by atoms with Gasteiger partial charge in [-0.25, -0.2) is 13.2 Å². The number of hydrogen-bond acceptors (Lipinski definition) is 7. The van der Waals surface area contributed by atoms with Gasteiger partial charge in [0.15, 0.2) is 22.4 Å². The number of carbonyl (C=O) groups excluding carboxylic acids is 5. The molecule has 4 amide bonds. The summed E-state index contributed by atoms with van der Waals surface area (Å²) in [5.74, 6) is 0.0734. The number of nitrogens with one attached hydrogen (secondary N) is 3. The van der Waals surface area contributed by atoms with Gasteiger partial charge in [-0.2, -0.15) is 0 Å². The first-order valence-electron chi connectivity index (χ1n) is 19.6. The summed E-state index contributed by atoms with van der Waals surface area (Å²) >= 11 is 0. The third-order valence-electron chi connectivity index (χ3n) is 7.89. The van der Waals surface area contributed by atoms with Gasteiger partial charge in [0.05, 0.1) is 11.5 Å². The van der Waals surface area contributed by atoms with Crippen molar-refractivity contribution in [3.63, 3.8) is 0 Å². The lowest BCUT2D eigenvalue weighted by Gasteiger charge is -2.36. The van der Waals surface area contributed by atoms with Crippen LogP contribution in [-0.4, -0.2) is 80.2 Å². The lowest BCUT2D eigenvalue weighted by Crippen LogP contribution is -2.60. The molecule has 1 heterocycles. The third kappa shape index (κ3) is 24.6. The van der Waals surface area contributed by atoms with Gasteiger partial charge in [-0.05, 0) is 49.5 Å². The summed E-state index contributed by atoms with van der Waals surface area (Å²) in [5.41, 5.74) is 0.0533.